The Hall–Kier alpha value is -3.88. The van der Waals surface area contributed by atoms with Crippen molar-refractivity contribution in [1.82, 2.24) is 19.5 Å². The van der Waals surface area contributed by atoms with Crippen molar-refractivity contribution in [3.8, 4) is 22.6 Å². The molecule has 0 amide bonds. The van der Waals surface area contributed by atoms with E-state index < -0.39 is 12.5 Å². The lowest BCUT2D eigenvalue weighted by molar-refractivity contribution is 0.0366. The van der Waals surface area contributed by atoms with Gasteiger partial charge in [-0.15, -0.1) is 0 Å². The minimum atomic E-state index is -2.93. The number of alkyl halides is 2. The Morgan fingerprint density at radius 3 is 2.48 bits per heavy atom. The van der Waals surface area contributed by atoms with Crippen LogP contribution in [0.15, 0.2) is 66.0 Å². The minimum Gasteiger partial charge on any atom is -0.497 e. The molecule has 9 heteroatoms. The summed E-state index contributed by atoms with van der Waals surface area (Å²) >= 11 is 0. The molecule has 0 saturated heterocycles. The van der Waals surface area contributed by atoms with E-state index in [1.54, 1.807) is 62.1 Å². The lowest BCUT2D eigenvalue weighted by atomic mass is 10.0. The Morgan fingerprint density at radius 2 is 1.84 bits per heavy atom. The summed E-state index contributed by atoms with van der Waals surface area (Å²) in [6.45, 7) is 0.182. The number of ether oxygens (including phenoxy) is 1. The third-order valence-electron chi connectivity index (χ3n) is 4.63. The first-order valence-electron chi connectivity index (χ1n) is 9.45. The Labute approximate surface area is 176 Å². The van der Waals surface area contributed by atoms with Crippen molar-refractivity contribution in [3.63, 3.8) is 0 Å². The third-order valence-corrected chi connectivity index (χ3v) is 4.63. The largest absolute Gasteiger partial charge is 0.497 e. The minimum absolute atomic E-state index is 0.0184. The van der Waals surface area contributed by atoms with E-state index in [0.717, 1.165) is 6.92 Å². The number of aromatic nitrogens is 4. The van der Waals surface area contributed by atoms with Gasteiger partial charge in [-0.1, -0.05) is 12.1 Å². The van der Waals surface area contributed by atoms with Gasteiger partial charge in [-0.25, -0.2) is 18.7 Å². The van der Waals surface area contributed by atoms with Gasteiger partial charge < -0.3 is 10.1 Å². The standard InChI is InChI=1S/C22H19F2N5O2/c1-22(23,24)13-27-21-26-11-15-12-29(16-7-9-25-10-8-16)20(30)18(19(15)28-21)14-3-5-17(31-2)6-4-14/h3-12H,13H2,1-2H3,(H,27,28). The van der Waals surface area contributed by atoms with Crippen LogP contribution in [-0.2, 0) is 0 Å². The summed E-state index contributed by atoms with van der Waals surface area (Å²) in [5, 5.41) is 3.11. The fourth-order valence-electron chi connectivity index (χ4n) is 3.14. The smallest absolute Gasteiger partial charge is 0.265 e. The molecule has 0 fully saturated rings. The van der Waals surface area contributed by atoms with Gasteiger partial charge in [0.25, 0.3) is 11.5 Å². The molecule has 0 saturated carbocycles. The number of pyridine rings is 2. The Kier molecular flexibility index (Phi) is 5.33. The summed E-state index contributed by atoms with van der Waals surface area (Å²) < 4.78 is 33.2. The van der Waals surface area contributed by atoms with Crippen LogP contribution in [0, 0.1) is 0 Å². The Morgan fingerprint density at radius 1 is 1.13 bits per heavy atom. The molecule has 0 radical (unpaired) electrons. The number of rotatable bonds is 6. The van der Waals surface area contributed by atoms with E-state index in [-0.39, 0.29) is 11.5 Å². The summed E-state index contributed by atoms with van der Waals surface area (Å²) in [6.07, 6.45) is 6.31. The molecule has 3 aromatic heterocycles. The first-order valence-corrected chi connectivity index (χ1v) is 9.45. The lowest BCUT2D eigenvalue weighted by Gasteiger charge is -2.14. The van der Waals surface area contributed by atoms with Crippen LogP contribution < -0.4 is 15.6 Å². The zero-order valence-electron chi connectivity index (χ0n) is 16.8. The number of hydrogen-bond donors (Lipinski definition) is 1. The van der Waals surface area contributed by atoms with Crippen molar-refractivity contribution in [2.24, 2.45) is 0 Å². The van der Waals surface area contributed by atoms with Crippen LogP contribution in [0.25, 0.3) is 27.7 Å². The van der Waals surface area contributed by atoms with Crippen molar-refractivity contribution in [1.29, 1.82) is 0 Å². The second-order valence-corrected chi connectivity index (χ2v) is 7.03. The molecule has 7 nitrogen and oxygen atoms in total. The number of nitrogens with one attached hydrogen (secondary N) is 1. The van der Waals surface area contributed by atoms with E-state index in [1.807, 2.05) is 0 Å². The molecule has 4 aromatic rings. The van der Waals surface area contributed by atoms with Gasteiger partial charge in [0, 0.05) is 37.1 Å². The first kappa shape index (κ1) is 20.4. The van der Waals surface area contributed by atoms with Crippen molar-refractivity contribution >= 4 is 16.9 Å². The average molecular weight is 423 g/mol. The normalized spacial score (nSPS) is 11.5. The fraction of sp³-hybridized carbons (Fsp3) is 0.182. The Balaban J connectivity index is 1.94. The van der Waals surface area contributed by atoms with E-state index >= 15 is 0 Å². The zero-order chi connectivity index (χ0) is 22.0. The molecule has 0 bridgehead atoms. The van der Waals surface area contributed by atoms with Crippen LogP contribution in [0.1, 0.15) is 6.92 Å². The van der Waals surface area contributed by atoms with Crippen LogP contribution in [0.3, 0.4) is 0 Å². The lowest BCUT2D eigenvalue weighted by Crippen LogP contribution is -2.24. The van der Waals surface area contributed by atoms with E-state index in [4.69, 9.17) is 4.74 Å². The van der Waals surface area contributed by atoms with Gasteiger partial charge in [0.1, 0.15) is 5.75 Å². The molecule has 3 heterocycles. The molecule has 0 spiro atoms. The van der Waals surface area contributed by atoms with E-state index in [9.17, 15) is 13.6 Å². The van der Waals surface area contributed by atoms with Crippen molar-refractivity contribution in [2.45, 2.75) is 12.8 Å². The van der Waals surface area contributed by atoms with Crippen LogP contribution in [0.2, 0.25) is 0 Å². The second-order valence-electron chi connectivity index (χ2n) is 7.03. The highest BCUT2D eigenvalue weighted by Crippen LogP contribution is 2.27. The van der Waals surface area contributed by atoms with Gasteiger partial charge in [0.15, 0.2) is 0 Å². The van der Waals surface area contributed by atoms with Crippen LogP contribution >= 0.6 is 0 Å². The molecule has 1 aromatic carbocycles. The maximum Gasteiger partial charge on any atom is 0.265 e. The molecule has 0 aliphatic carbocycles. The summed E-state index contributed by atoms with van der Waals surface area (Å²) in [6, 6.07) is 10.4. The maximum absolute atomic E-state index is 13.5. The maximum atomic E-state index is 13.5. The quantitative estimate of drug-likeness (QED) is 0.506. The topological polar surface area (TPSA) is 81.9 Å². The van der Waals surface area contributed by atoms with Gasteiger partial charge in [-0.3, -0.25) is 14.3 Å². The number of benzene rings is 1. The molecule has 0 aliphatic rings. The number of nitrogens with zero attached hydrogens (tertiary/aromatic N) is 4. The van der Waals surface area contributed by atoms with Gasteiger partial charge >= 0.3 is 0 Å². The molecule has 0 unspecified atom stereocenters. The SMILES string of the molecule is COc1ccc(-c2c(=O)n(-c3ccncc3)cc3cnc(NCC(C)(F)F)nc23)cc1. The van der Waals surface area contributed by atoms with Gasteiger partial charge in [0.05, 0.1) is 30.4 Å². The predicted octanol–water partition coefficient (Wildman–Crippen LogP) is 3.92. The first-order chi connectivity index (χ1) is 14.9. The van der Waals surface area contributed by atoms with Crippen LogP contribution in [-0.4, -0.2) is 39.1 Å². The number of hydrogen-bond acceptors (Lipinski definition) is 6. The molecular weight excluding hydrogens is 404 g/mol. The highest BCUT2D eigenvalue weighted by atomic mass is 19.3. The summed E-state index contributed by atoms with van der Waals surface area (Å²) in [7, 11) is 1.55. The van der Waals surface area contributed by atoms with Gasteiger partial charge in [0.2, 0.25) is 5.95 Å². The van der Waals surface area contributed by atoms with E-state index in [1.165, 1.54) is 10.8 Å². The fourth-order valence-corrected chi connectivity index (χ4v) is 3.14. The molecule has 1 N–H and O–H groups in total. The van der Waals surface area contributed by atoms with Crippen molar-refractivity contribution in [2.75, 3.05) is 19.0 Å². The number of fused-ring (bicyclic) bond motifs is 1. The van der Waals surface area contributed by atoms with Crippen molar-refractivity contribution < 1.29 is 13.5 Å². The van der Waals surface area contributed by atoms with E-state index in [0.29, 0.717) is 33.5 Å². The van der Waals surface area contributed by atoms with E-state index in [2.05, 4.69) is 20.3 Å². The molecule has 0 atom stereocenters. The summed E-state index contributed by atoms with van der Waals surface area (Å²) in [4.78, 5) is 26.0. The summed E-state index contributed by atoms with van der Waals surface area (Å²) in [5.74, 6) is -2.27. The number of methoxy groups -OCH3 is 1. The van der Waals surface area contributed by atoms with Crippen LogP contribution in [0.5, 0.6) is 5.75 Å². The molecular formula is C22H19F2N5O2. The monoisotopic (exact) mass is 423 g/mol. The van der Waals surface area contributed by atoms with Crippen LogP contribution in [0.4, 0.5) is 14.7 Å². The number of halogens is 2. The highest BCUT2D eigenvalue weighted by molar-refractivity contribution is 5.93. The second kappa shape index (κ2) is 8.10. The predicted molar refractivity (Wildman–Crippen MR) is 114 cm³/mol. The summed E-state index contributed by atoms with van der Waals surface area (Å²) in [5.41, 5.74) is 1.62. The zero-order valence-corrected chi connectivity index (χ0v) is 16.8. The molecule has 0 aliphatic heterocycles. The van der Waals surface area contributed by atoms with Crippen molar-refractivity contribution in [3.05, 3.63) is 71.5 Å². The molecule has 158 valence electrons. The Bertz CT molecular complexity index is 1270. The molecule has 4 rings (SSSR count). The molecule has 31 heavy (non-hydrogen) atoms. The van der Waals surface area contributed by atoms with Gasteiger partial charge in [-0.05, 0) is 29.8 Å². The average Bonchev–Trinajstić information content (AvgIpc) is 2.77. The number of anilines is 1. The van der Waals surface area contributed by atoms with Gasteiger partial charge in [-0.2, -0.15) is 0 Å². The third kappa shape index (κ3) is 4.35. The highest BCUT2D eigenvalue weighted by Gasteiger charge is 2.21.